The van der Waals surface area contributed by atoms with Crippen LogP contribution in [0.4, 0.5) is 5.82 Å². The first-order valence-corrected chi connectivity index (χ1v) is 8.51. The lowest BCUT2D eigenvalue weighted by Crippen LogP contribution is -2.01. The van der Waals surface area contributed by atoms with E-state index < -0.39 is 0 Å². The van der Waals surface area contributed by atoms with Crippen molar-refractivity contribution in [2.45, 2.75) is 20.8 Å². The van der Waals surface area contributed by atoms with E-state index in [1.54, 1.807) is 29.8 Å². The fourth-order valence-corrected chi connectivity index (χ4v) is 3.48. The predicted octanol–water partition coefficient (Wildman–Crippen LogP) is 5.45. The number of aromatic nitrogens is 2. The van der Waals surface area contributed by atoms with E-state index in [9.17, 15) is 0 Å². The fraction of sp³-hybridized carbons (Fsp3) is 0.188. The molecule has 118 valence electrons. The quantitative estimate of drug-likeness (QED) is 0.496. The van der Waals surface area contributed by atoms with E-state index in [1.807, 2.05) is 13.0 Å². The number of hydrogen-bond donors (Lipinski definition) is 1. The van der Waals surface area contributed by atoms with Crippen LogP contribution < -0.4 is 5.43 Å². The molecule has 0 atom stereocenters. The summed E-state index contributed by atoms with van der Waals surface area (Å²) in [5.41, 5.74) is 5.91. The van der Waals surface area contributed by atoms with Crippen molar-refractivity contribution in [1.82, 2.24) is 9.97 Å². The summed E-state index contributed by atoms with van der Waals surface area (Å²) in [5, 5.41) is 6.46. The molecule has 4 nitrogen and oxygen atoms in total. The van der Waals surface area contributed by atoms with Crippen molar-refractivity contribution in [2.24, 2.45) is 5.10 Å². The first-order chi connectivity index (χ1) is 11.0. The lowest BCUT2D eigenvalue weighted by Gasteiger charge is -2.06. The molecule has 0 spiro atoms. The van der Waals surface area contributed by atoms with Crippen LogP contribution in [0.3, 0.4) is 0 Å². The van der Waals surface area contributed by atoms with Crippen LogP contribution in [0.1, 0.15) is 22.9 Å². The fourth-order valence-electron chi connectivity index (χ4n) is 2.19. The molecule has 0 amide bonds. The van der Waals surface area contributed by atoms with Crippen LogP contribution >= 0.6 is 34.5 Å². The monoisotopic (exact) mass is 364 g/mol. The minimum absolute atomic E-state index is 0.507. The molecule has 2 heterocycles. The van der Waals surface area contributed by atoms with Gasteiger partial charge in [0.05, 0.1) is 21.1 Å². The van der Waals surface area contributed by atoms with Crippen LogP contribution in [0.25, 0.3) is 10.2 Å². The molecule has 3 rings (SSSR count). The summed E-state index contributed by atoms with van der Waals surface area (Å²) < 4.78 is 0. The van der Waals surface area contributed by atoms with Gasteiger partial charge >= 0.3 is 0 Å². The first-order valence-electron chi connectivity index (χ1n) is 6.94. The first kappa shape index (κ1) is 16.2. The van der Waals surface area contributed by atoms with Crippen LogP contribution in [0, 0.1) is 13.8 Å². The average Bonchev–Trinajstić information content (AvgIpc) is 2.83. The van der Waals surface area contributed by atoms with Crippen molar-refractivity contribution < 1.29 is 0 Å². The number of hydrazone groups is 1. The van der Waals surface area contributed by atoms with Crippen LogP contribution in [-0.4, -0.2) is 15.7 Å². The Morgan fingerprint density at radius 2 is 1.96 bits per heavy atom. The van der Waals surface area contributed by atoms with E-state index in [1.165, 1.54) is 10.4 Å². The topological polar surface area (TPSA) is 50.2 Å². The molecule has 2 aromatic heterocycles. The average molecular weight is 365 g/mol. The van der Waals surface area contributed by atoms with Crippen LogP contribution in [0.5, 0.6) is 0 Å². The van der Waals surface area contributed by atoms with Crippen molar-refractivity contribution in [3.05, 3.63) is 50.6 Å². The number of fused-ring (bicyclic) bond motifs is 1. The molecule has 0 aliphatic carbocycles. The van der Waals surface area contributed by atoms with E-state index in [0.29, 0.717) is 15.9 Å². The van der Waals surface area contributed by atoms with Gasteiger partial charge < -0.3 is 0 Å². The third-order valence-corrected chi connectivity index (χ3v) is 5.49. The maximum atomic E-state index is 6.05. The van der Waals surface area contributed by atoms with Gasteiger partial charge in [0.2, 0.25) is 0 Å². The molecule has 0 bridgehead atoms. The van der Waals surface area contributed by atoms with Gasteiger partial charge in [-0.25, -0.2) is 9.97 Å². The van der Waals surface area contributed by atoms with Crippen molar-refractivity contribution in [3.8, 4) is 0 Å². The molecule has 0 aliphatic heterocycles. The molecule has 23 heavy (non-hydrogen) atoms. The molecule has 0 fully saturated rings. The number of rotatable bonds is 3. The van der Waals surface area contributed by atoms with Crippen LogP contribution in [0.15, 0.2) is 29.6 Å². The Morgan fingerprint density at radius 1 is 1.17 bits per heavy atom. The highest BCUT2D eigenvalue weighted by atomic mass is 35.5. The molecule has 0 aliphatic rings. The molecule has 1 aromatic carbocycles. The second-order valence-corrected chi connectivity index (χ2v) is 7.14. The van der Waals surface area contributed by atoms with Gasteiger partial charge in [0, 0.05) is 4.88 Å². The van der Waals surface area contributed by atoms with E-state index >= 15 is 0 Å². The van der Waals surface area contributed by atoms with Crippen molar-refractivity contribution in [3.63, 3.8) is 0 Å². The molecular weight excluding hydrogens is 351 g/mol. The summed E-state index contributed by atoms with van der Waals surface area (Å²) in [7, 11) is 0. The van der Waals surface area contributed by atoms with Crippen LogP contribution in [0.2, 0.25) is 10.0 Å². The predicted molar refractivity (Wildman–Crippen MR) is 99.2 cm³/mol. The van der Waals surface area contributed by atoms with Gasteiger partial charge in [-0.3, -0.25) is 5.43 Å². The van der Waals surface area contributed by atoms with E-state index in [4.69, 9.17) is 23.2 Å². The second kappa shape index (κ2) is 6.43. The molecule has 1 N–H and O–H groups in total. The third-order valence-electron chi connectivity index (χ3n) is 3.63. The van der Waals surface area contributed by atoms with E-state index in [2.05, 4.69) is 34.3 Å². The second-order valence-electron chi connectivity index (χ2n) is 5.12. The zero-order valence-corrected chi connectivity index (χ0v) is 15.1. The summed E-state index contributed by atoms with van der Waals surface area (Å²) in [6.07, 6.45) is 1.55. The summed E-state index contributed by atoms with van der Waals surface area (Å²) in [4.78, 5) is 10.8. The Kier molecular flexibility index (Phi) is 4.53. The molecule has 0 saturated heterocycles. The highest BCUT2D eigenvalue weighted by molar-refractivity contribution is 7.18. The lowest BCUT2D eigenvalue weighted by atomic mass is 10.1. The Balaban J connectivity index is 1.94. The zero-order valence-electron chi connectivity index (χ0n) is 12.8. The molecule has 7 heteroatoms. The van der Waals surface area contributed by atoms with Crippen LogP contribution in [-0.2, 0) is 0 Å². The van der Waals surface area contributed by atoms with Crippen molar-refractivity contribution in [2.75, 3.05) is 5.43 Å². The number of thiophene rings is 1. The lowest BCUT2D eigenvalue weighted by molar-refractivity contribution is 1.18. The molecule has 0 unspecified atom stereocenters. The number of hydrogen-bond acceptors (Lipinski definition) is 5. The normalized spacial score (nSPS) is 12.0. The van der Waals surface area contributed by atoms with Gasteiger partial charge in [-0.1, -0.05) is 29.3 Å². The highest BCUT2D eigenvalue weighted by Crippen LogP contribution is 2.32. The summed E-state index contributed by atoms with van der Waals surface area (Å²) in [5.74, 6) is 0.705. The molecule has 0 saturated carbocycles. The van der Waals surface area contributed by atoms with Gasteiger partial charge in [-0.05, 0) is 44.0 Å². The third kappa shape index (κ3) is 3.17. The smallest absolute Gasteiger partial charge is 0.158 e. The standard InChI is InChI=1S/C16H14Cl2N4S/c1-8-10(3)23-16-14(8)15(19-7-20-16)22-21-9(2)11-4-5-12(17)13(18)6-11/h4-7H,1-3H3,(H,19,20,22)/b21-9-. The maximum absolute atomic E-state index is 6.05. The number of halogens is 2. The SMILES string of the molecule is C/C(=N/Nc1ncnc2sc(C)c(C)c12)c1ccc(Cl)c(Cl)c1. The summed E-state index contributed by atoms with van der Waals surface area (Å²) in [6.45, 7) is 6.05. The van der Waals surface area contributed by atoms with Gasteiger partial charge in [0.15, 0.2) is 5.82 Å². The maximum Gasteiger partial charge on any atom is 0.158 e. The number of benzene rings is 1. The summed E-state index contributed by atoms with van der Waals surface area (Å²) in [6, 6.07) is 5.43. The Morgan fingerprint density at radius 3 is 2.70 bits per heavy atom. The van der Waals surface area contributed by atoms with E-state index in [-0.39, 0.29) is 0 Å². The Hall–Kier alpha value is -1.69. The molecular formula is C16H14Cl2N4S. The van der Waals surface area contributed by atoms with Crippen molar-refractivity contribution in [1.29, 1.82) is 0 Å². The van der Waals surface area contributed by atoms with Crippen molar-refractivity contribution >= 4 is 56.3 Å². The number of anilines is 1. The minimum atomic E-state index is 0.507. The number of aryl methyl sites for hydroxylation is 2. The van der Waals surface area contributed by atoms with Gasteiger partial charge in [-0.2, -0.15) is 5.10 Å². The zero-order chi connectivity index (χ0) is 16.6. The highest BCUT2D eigenvalue weighted by Gasteiger charge is 2.11. The van der Waals surface area contributed by atoms with E-state index in [0.717, 1.165) is 21.5 Å². The molecule has 3 aromatic rings. The Bertz CT molecular complexity index is 918. The van der Waals surface area contributed by atoms with Gasteiger partial charge in [-0.15, -0.1) is 11.3 Å². The number of nitrogens with one attached hydrogen (secondary N) is 1. The molecule has 0 radical (unpaired) electrons. The van der Waals surface area contributed by atoms with Gasteiger partial charge in [0.25, 0.3) is 0 Å². The summed E-state index contributed by atoms with van der Waals surface area (Å²) >= 11 is 13.6. The number of nitrogens with zero attached hydrogens (tertiary/aromatic N) is 3. The minimum Gasteiger partial charge on any atom is -0.260 e. The van der Waals surface area contributed by atoms with Gasteiger partial charge in [0.1, 0.15) is 11.2 Å². The Labute approximate surface area is 148 Å². The largest absolute Gasteiger partial charge is 0.260 e.